The zero-order valence-electron chi connectivity index (χ0n) is 8.66. The second kappa shape index (κ2) is 5.01. The summed E-state index contributed by atoms with van der Waals surface area (Å²) in [5.74, 6) is -2.19. The lowest BCUT2D eigenvalue weighted by Gasteiger charge is -2.32. The molecule has 16 heavy (non-hydrogen) atoms. The number of aliphatic hydroxyl groups excluding tert-OH is 1. The molecule has 1 rings (SSSR count). The summed E-state index contributed by atoms with van der Waals surface area (Å²) < 4.78 is 45.3. The fourth-order valence-corrected chi connectivity index (χ4v) is 1.63. The van der Waals surface area contributed by atoms with Crippen LogP contribution in [0, 0.1) is 0 Å². The molecule has 1 heterocycles. The van der Waals surface area contributed by atoms with Crippen molar-refractivity contribution in [3.63, 3.8) is 0 Å². The number of alkyl halides is 3. The van der Waals surface area contributed by atoms with Gasteiger partial charge in [-0.05, 0) is 6.92 Å². The fraction of sp³-hybridized carbons (Fsp3) is 0.889. The monoisotopic (exact) mass is 242 g/mol. The molecule has 94 valence electrons. The largest absolute Gasteiger partial charge is 0.490 e. The molecule has 0 aliphatic carbocycles. The van der Waals surface area contributed by atoms with Crippen molar-refractivity contribution in [2.24, 2.45) is 0 Å². The first-order valence-corrected chi connectivity index (χ1v) is 4.87. The van der Waals surface area contributed by atoms with Crippen LogP contribution in [0.1, 0.15) is 19.8 Å². The molecular formula is C9H13F3O4. The standard InChI is InChI=1S/C9H13F3O4/c1-5-2-6(3-7(4-13)15-5)16-8(14)9(10,11)12/h5-7,13H,2-4H2,1H3/t5-,6+,7-/m1/s1. The van der Waals surface area contributed by atoms with E-state index in [0.29, 0.717) is 0 Å². The van der Waals surface area contributed by atoms with Crippen LogP contribution in [-0.4, -0.2) is 42.2 Å². The SMILES string of the molecule is C[C@@H]1C[C@H](OC(=O)C(F)(F)F)C[C@H](CO)O1. The van der Waals surface area contributed by atoms with E-state index < -0.39 is 24.4 Å². The van der Waals surface area contributed by atoms with Crippen molar-refractivity contribution in [2.75, 3.05) is 6.61 Å². The number of rotatable bonds is 2. The smallest absolute Gasteiger partial charge is 0.456 e. The van der Waals surface area contributed by atoms with E-state index in [4.69, 9.17) is 9.84 Å². The molecule has 0 aromatic carbocycles. The predicted octanol–water partition coefficient (Wildman–Crippen LogP) is 1.02. The van der Waals surface area contributed by atoms with E-state index in [1.165, 1.54) is 0 Å². The maximum absolute atomic E-state index is 11.9. The quantitative estimate of drug-likeness (QED) is 0.734. The first kappa shape index (κ1) is 13.2. The van der Waals surface area contributed by atoms with Gasteiger partial charge >= 0.3 is 12.1 Å². The van der Waals surface area contributed by atoms with Crippen LogP contribution in [0.2, 0.25) is 0 Å². The van der Waals surface area contributed by atoms with Gasteiger partial charge in [-0.25, -0.2) is 4.79 Å². The molecule has 1 saturated heterocycles. The summed E-state index contributed by atoms with van der Waals surface area (Å²) in [6.45, 7) is 1.35. The first-order chi connectivity index (χ1) is 7.32. The van der Waals surface area contributed by atoms with Gasteiger partial charge < -0.3 is 14.6 Å². The zero-order chi connectivity index (χ0) is 12.3. The normalized spacial score (nSPS) is 31.2. The Morgan fingerprint density at radius 1 is 1.50 bits per heavy atom. The van der Waals surface area contributed by atoms with E-state index in [9.17, 15) is 18.0 Å². The van der Waals surface area contributed by atoms with Crippen molar-refractivity contribution in [1.82, 2.24) is 0 Å². The average Bonchev–Trinajstić information content (AvgIpc) is 2.15. The van der Waals surface area contributed by atoms with Gasteiger partial charge in [-0.3, -0.25) is 0 Å². The van der Waals surface area contributed by atoms with Gasteiger partial charge in [0.1, 0.15) is 6.10 Å². The van der Waals surface area contributed by atoms with Gasteiger partial charge in [-0.15, -0.1) is 0 Å². The Morgan fingerprint density at radius 2 is 2.12 bits per heavy atom. The van der Waals surface area contributed by atoms with E-state index in [2.05, 4.69) is 4.74 Å². The maximum Gasteiger partial charge on any atom is 0.490 e. The number of carbonyl (C=O) groups is 1. The van der Waals surface area contributed by atoms with E-state index in [-0.39, 0.29) is 25.6 Å². The molecule has 7 heteroatoms. The lowest BCUT2D eigenvalue weighted by atomic mass is 10.0. The van der Waals surface area contributed by atoms with Gasteiger partial charge in [0.25, 0.3) is 0 Å². The summed E-state index contributed by atoms with van der Waals surface area (Å²) in [7, 11) is 0. The minimum Gasteiger partial charge on any atom is -0.456 e. The molecule has 0 bridgehead atoms. The molecule has 1 N–H and O–H groups in total. The van der Waals surface area contributed by atoms with E-state index in [1.807, 2.05) is 0 Å². The highest BCUT2D eigenvalue weighted by Crippen LogP contribution is 2.25. The van der Waals surface area contributed by atoms with Gasteiger partial charge in [0.2, 0.25) is 0 Å². The average molecular weight is 242 g/mol. The topological polar surface area (TPSA) is 55.8 Å². The summed E-state index contributed by atoms with van der Waals surface area (Å²) in [5.41, 5.74) is 0. The maximum atomic E-state index is 11.9. The molecule has 4 nitrogen and oxygen atoms in total. The number of carbonyl (C=O) groups excluding carboxylic acids is 1. The number of hydrogen-bond acceptors (Lipinski definition) is 4. The lowest BCUT2D eigenvalue weighted by Crippen LogP contribution is -2.40. The number of halogens is 3. The molecule has 3 atom stereocenters. The van der Waals surface area contributed by atoms with Crippen LogP contribution in [0.4, 0.5) is 13.2 Å². The van der Waals surface area contributed by atoms with Crippen LogP contribution in [0.15, 0.2) is 0 Å². The Balaban J connectivity index is 2.51. The molecule has 0 unspecified atom stereocenters. The first-order valence-electron chi connectivity index (χ1n) is 4.87. The van der Waals surface area contributed by atoms with E-state index >= 15 is 0 Å². The van der Waals surface area contributed by atoms with Gasteiger partial charge in [0, 0.05) is 12.8 Å². The molecular weight excluding hydrogens is 229 g/mol. The predicted molar refractivity (Wildman–Crippen MR) is 46.6 cm³/mol. The van der Waals surface area contributed by atoms with Crippen molar-refractivity contribution >= 4 is 5.97 Å². The summed E-state index contributed by atoms with van der Waals surface area (Å²) in [6.07, 6.45) is -6.45. The second-order valence-corrected chi connectivity index (χ2v) is 3.75. The highest BCUT2D eigenvalue weighted by molar-refractivity contribution is 5.75. The van der Waals surface area contributed by atoms with Gasteiger partial charge in [-0.1, -0.05) is 0 Å². The minimum atomic E-state index is -4.98. The van der Waals surface area contributed by atoms with E-state index in [0.717, 1.165) is 0 Å². The summed E-state index contributed by atoms with van der Waals surface area (Å²) >= 11 is 0. The fourth-order valence-electron chi connectivity index (χ4n) is 1.63. The number of ether oxygens (including phenoxy) is 2. The molecule has 0 amide bonds. The third kappa shape index (κ3) is 3.64. The Labute approximate surface area is 90.3 Å². The Morgan fingerprint density at radius 3 is 2.62 bits per heavy atom. The Kier molecular flexibility index (Phi) is 4.15. The van der Waals surface area contributed by atoms with E-state index in [1.54, 1.807) is 6.92 Å². The van der Waals surface area contributed by atoms with Crippen molar-refractivity contribution in [1.29, 1.82) is 0 Å². The molecule has 1 aliphatic rings. The van der Waals surface area contributed by atoms with Crippen molar-refractivity contribution < 1.29 is 32.5 Å². The van der Waals surface area contributed by atoms with Crippen LogP contribution >= 0.6 is 0 Å². The highest BCUT2D eigenvalue weighted by atomic mass is 19.4. The summed E-state index contributed by atoms with van der Waals surface area (Å²) in [4.78, 5) is 10.6. The third-order valence-electron chi connectivity index (χ3n) is 2.25. The Bertz CT molecular complexity index is 254. The van der Waals surface area contributed by atoms with Crippen LogP contribution in [0.25, 0.3) is 0 Å². The molecule has 0 aromatic heterocycles. The molecule has 0 spiro atoms. The molecule has 0 radical (unpaired) electrons. The summed E-state index contributed by atoms with van der Waals surface area (Å²) in [5, 5.41) is 8.83. The van der Waals surface area contributed by atoms with Crippen molar-refractivity contribution in [3.05, 3.63) is 0 Å². The van der Waals surface area contributed by atoms with Crippen LogP contribution in [-0.2, 0) is 14.3 Å². The Hall–Kier alpha value is -0.820. The van der Waals surface area contributed by atoms with Crippen molar-refractivity contribution in [3.8, 4) is 0 Å². The molecule has 1 aliphatic heterocycles. The van der Waals surface area contributed by atoms with Gasteiger partial charge in [-0.2, -0.15) is 13.2 Å². The molecule has 0 aromatic rings. The van der Waals surface area contributed by atoms with Crippen LogP contribution in [0.3, 0.4) is 0 Å². The van der Waals surface area contributed by atoms with Crippen molar-refractivity contribution in [2.45, 2.75) is 44.3 Å². The minimum absolute atomic E-state index is 0.0860. The third-order valence-corrected chi connectivity index (χ3v) is 2.25. The number of aliphatic hydroxyl groups is 1. The summed E-state index contributed by atoms with van der Waals surface area (Å²) in [6, 6.07) is 0. The lowest BCUT2D eigenvalue weighted by molar-refractivity contribution is -0.212. The molecule has 1 fully saturated rings. The number of esters is 1. The van der Waals surface area contributed by atoms with Gasteiger partial charge in [0.15, 0.2) is 0 Å². The van der Waals surface area contributed by atoms with Gasteiger partial charge in [0.05, 0.1) is 18.8 Å². The second-order valence-electron chi connectivity index (χ2n) is 3.75. The zero-order valence-corrected chi connectivity index (χ0v) is 8.66. The number of hydrogen-bond donors (Lipinski definition) is 1. The molecule has 0 saturated carbocycles. The highest BCUT2D eigenvalue weighted by Gasteiger charge is 2.43. The van der Waals surface area contributed by atoms with Crippen LogP contribution < -0.4 is 0 Å². The van der Waals surface area contributed by atoms with Crippen LogP contribution in [0.5, 0.6) is 0 Å².